The Morgan fingerprint density at radius 2 is 1.86 bits per heavy atom. The number of carbonyl (C=O) groups excluding carboxylic acids is 1. The molecule has 0 aromatic heterocycles. The molecular formula is C16H16Cl2N2O. The van der Waals surface area contributed by atoms with Gasteiger partial charge in [-0.15, -0.1) is 0 Å². The van der Waals surface area contributed by atoms with Crippen LogP contribution in [-0.2, 0) is 17.6 Å². The first-order valence-corrected chi connectivity index (χ1v) is 7.36. The summed E-state index contributed by atoms with van der Waals surface area (Å²) >= 11 is 11.9. The minimum atomic E-state index is -0.0574. The number of nitrogens with one attached hydrogen (secondary N) is 1. The number of para-hydroxylation sites is 1. The predicted octanol–water partition coefficient (Wildman–Crippen LogP) is 3.48. The Hall–Kier alpha value is -1.71. The lowest BCUT2D eigenvalue weighted by atomic mass is 10.1. The minimum Gasteiger partial charge on any atom is -0.398 e. The molecule has 0 bridgehead atoms. The summed E-state index contributed by atoms with van der Waals surface area (Å²) in [5.41, 5.74) is 8.24. The minimum absolute atomic E-state index is 0.0574. The van der Waals surface area contributed by atoms with E-state index in [4.69, 9.17) is 28.9 Å². The fourth-order valence-corrected chi connectivity index (χ4v) is 2.49. The van der Waals surface area contributed by atoms with Gasteiger partial charge in [-0.05, 0) is 35.7 Å². The third kappa shape index (κ3) is 4.66. The van der Waals surface area contributed by atoms with E-state index in [9.17, 15) is 4.79 Å². The summed E-state index contributed by atoms with van der Waals surface area (Å²) in [6.07, 6.45) is 0.938. The number of hydrogen-bond donors (Lipinski definition) is 2. The van der Waals surface area contributed by atoms with Crippen LogP contribution in [0.25, 0.3) is 0 Å². The largest absolute Gasteiger partial charge is 0.398 e. The number of carbonyl (C=O) groups is 1. The molecule has 3 nitrogen and oxygen atoms in total. The van der Waals surface area contributed by atoms with Crippen LogP contribution in [0.3, 0.4) is 0 Å². The highest BCUT2D eigenvalue weighted by Crippen LogP contribution is 2.21. The Bertz CT molecular complexity index is 644. The normalized spacial score (nSPS) is 10.4. The van der Waals surface area contributed by atoms with Crippen LogP contribution in [0.5, 0.6) is 0 Å². The second-order valence-corrected chi connectivity index (χ2v) is 5.55. The van der Waals surface area contributed by atoms with Crippen molar-refractivity contribution < 1.29 is 4.79 Å². The zero-order chi connectivity index (χ0) is 15.2. The SMILES string of the molecule is Nc1ccccc1CC(=O)NCCc1ccc(Cl)cc1Cl. The zero-order valence-electron chi connectivity index (χ0n) is 11.4. The molecule has 0 spiro atoms. The molecule has 0 unspecified atom stereocenters. The fourth-order valence-electron chi connectivity index (χ4n) is 1.99. The number of benzene rings is 2. The van der Waals surface area contributed by atoms with Crippen molar-refractivity contribution in [3.8, 4) is 0 Å². The molecule has 0 saturated heterocycles. The van der Waals surface area contributed by atoms with Gasteiger partial charge in [-0.3, -0.25) is 4.79 Å². The second kappa shape index (κ2) is 7.34. The number of amides is 1. The summed E-state index contributed by atoms with van der Waals surface area (Å²) < 4.78 is 0. The van der Waals surface area contributed by atoms with Gasteiger partial charge < -0.3 is 11.1 Å². The number of nitrogens with two attached hydrogens (primary N) is 1. The number of rotatable bonds is 5. The van der Waals surface area contributed by atoms with E-state index in [1.54, 1.807) is 18.2 Å². The summed E-state index contributed by atoms with van der Waals surface area (Å²) in [6, 6.07) is 12.7. The smallest absolute Gasteiger partial charge is 0.224 e. The molecule has 0 fully saturated rings. The second-order valence-electron chi connectivity index (χ2n) is 4.71. The first kappa shape index (κ1) is 15.7. The molecule has 0 aliphatic heterocycles. The average molecular weight is 323 g/mol. The summed E-state index contributed by atoms with van der Waals surface area (Å²) in [5, 5.41) is 4.08. The van der Waals surface area contributed by atoms with Crippen LogP contribution in [0.1, 0.15) is 11.1 Å². The van der Waals surface area contributed by atoms with Crippen LogP contribution in [0, 0.1) is 0 Å². The molecule has 0 radical (unpaired) electrons. The number of halogens is 2. The first-order chi connectivity index (χ1) is 10.1. The number of hydrogen-bond acceptors (Lipinski definition) is 2. The molecule has 0 saturated carbocycles. The Balaban J connectivity index is 1.83. The fraction of sp³-hybridized carbons (Fsp3) is 0.188. The van der Waals surface area contributed by atoms with Crippen molar-refractivity contribution in [3.63, 3.8) is 0 Å². The summed E-state index contributed by atoms with van der Waals surface area (Å²) in [6.45, 7) is 0.521. The number of nitrogen functional groups attached to an aromatic ring is 1. The van der Waals surface area contributed by atoms with Gasteiger partial charge in [0.25, 0.3) is 0 Å². The standard InChI is InChI=1S/C16H16Cl2N2O/c17-13-6-5-11(14(18)10-13)7-8-20-16(21)9-12-3-1-2-4-15(12)19/h1-6,10H,7-9,19H2,(H,20,21). The van der Waals surface area contributed by atoms with Crippen LogP contribution < -0.4 is 11.1 Å². The highest BCUT2D eigenvalue weighted by molar-refractivity contribution is 6.35. The van der Waals surface area contributed by atoms with Crippen molar-refractivity contribution in [1.29, 1.82) is 0 Å². The lowest BCUT2D eigenvalue weighted by Crippen LogP contribution is -2.27. The van der Waals surface area contributed by atoms with Crippen molar-refractivity contribution in [2.24, 2.45) is 0 Å². The van der Waals surface area contributed by atoms with Crippen molar-refractivity contribution in [2.45, 2.75) is 12.8 Å². The van der Waals surface area contributed by atoms with E-state index < -0.39 is 0 Å². The molecular weight excluding hydrogens is 307 g/mol. The Kier molecular flexibility index (Phi) is 5.48. The van der Waals surface area contributed by atoms with Crippen molar-refractivity contribution in [1.82, 2.24) is 5.32 Å². The van der Waals surface area contributed by atoms with Gasteiger partial charge in [0.1, 0.15) is 0 Å². The number of anilines is 1. The molecule has 21 heavy (non-hydrogen) atoms. The average Bonchev–Trinajstić information content (AvgIpc) is 2.44. The molecule has 0 atom stereocenters. The van der Waals surface area contributed by atoms with Crippen LogP contribution in [0.4, 0.5) is 5.69 Å². The van der Waals surface area contributed by atoms with Gasteiger partial charge in [0.15, 0.2) is 0 Å². The molecule has 3 N–H and O–H groups in total. The van der Waals surface area contributed by atoms with Gasteiger partial charge in [0.2, 0.25) is 5.91 Å². The van der Waals surface area contributed by atoms with Gasteiger partial charge in [0.05, 0.1) is 6.42 Å². The van der Waals surface area contributed by atoms with Gasteiger partial charge in [-0.2, -0.15) is 0 Å². The van der Waals surface area contributed by atoms with E-state index in [0.29, 0.717) is 28.7 Å². The molecule has 2 aromatic carbocycles. The summed E-state index contributed by atoms with van der Waals surface area (Å²) in [4.78, 5) is 11.9. The molecule has 2 aromatic rings. The lowest BCUT2D eigenvalue weighted by molar-refractivity contribution is -0.120. The molecule has 110 valence electrons. The highest BCUT2D eigenvalue weighted by atomic mass is 35.5. The van der Waals surface area contributed by atoms with Crippen molar-refractivity contribution >= 4 is 34.8 Å². The van der Waals surface area contributed by atoms with Crippen LogP contribution in [0.2, 0.25) is 10.0 Å². The Morgan fingerprint density at radius 3 is 2.57 bits per heavy atom. The van der Waals surface area contributed by atoms with E-state index in [-0.39, 0.29) is 12.3 Å². The van der Waals surface area contributed by atoms with E-state index >= 15 is 0 Å². The molecule has 0 aliphatic carbocycles. The molecule has 0 aliphatic rings. The van der Waals surface area contributed by atoms with Gasteiger partial charge >= 0.3 is 0 Å². The summed E-state index contributed by atoms with van der Waals surface area (Å²) in [5.74, 6) is -0.0574. The Morgan fingerprint density at radius 1 is 1.10 bits per heavy atom. The maximum atomic E-state index is 11.9. The van der Waals surface area contributed by atoms with Crippen molar-refractivity contribution in [2.75, 3.05) is 12.3 Å². The van der Waals surface area contributed by atoms with Crippen LogP contribution in [0.15, 0.2) is 42.5 Å². The third-order valence-electron chi connectivity index (χ3n) is 3.14. The molecule has 2 rings (SSSR count). The third-order valence-corrected chi connectivity index (χ3v) is 3.72. The van der Waals surface area contributed by atoms with E-state index in [1.165, 1.54) is 0 Å². The lowest BCUT2D eigenvalue weighted by Gasteiger charge is -2.08. The van der Waals surface area contributed by atoms with Gasteiger partial charge in [-0.1, -0.05) is 47.5 Å². The van der Waals surface area contributed by atoms with Crippen LogP contribution in [-0.4, -0.2) is 12.5 Å². The zero-order valence-corrected chi connectivity index (χ0v) is 12.9. The maximum absolute atomic E-state index is 11.9. The monoisotopic (exact) mass is 322 g/mol. The van der Waals surface area contributed by atoms with Gasteiger partial charge in [0, 0.05) is 22.3 Å². The van der Waals surface area contributed by atoms with E-state index in [1.807, 2.05) is 24.3 Å². The predicted molar refractivity (Wildman–Crippen MR) is 87.7 cm³/mol. The van der Waals surface area contributed by atoms with Crippen molar-refractivity contribution in [3.05, 3.63) is 63.6 Å². The maximum Gasteiger partial charge on any atom is 0.224 e. The van der Waals surface area contributed by atoms with Gasteiger partial charge in [-0.25, -0.2) is 0 Å². The Labute approximate surface area is 134 Å². The molecule has 1 amide bonds. The summed E-state index contributed by atoms with van der Waals surface area (Å²) in [7, 11) is 0. The van der Waals surface area contributed by atoms with Crippen LogP contribution >= 0.6 is 23.2 Å². The topological polar surface area (TPSA) is 55.1 Å². The van der Waals surface area contributed by atoms with E-state index in [2.05, 4.69) is 5.32 Å². The van der Waals surface area contributed by atoms with E-state index in [0.717, 1.165) is 11.1 Å². The molecule has 0 heterocycles. The molecule has 5 heteroatoms. The quantitative estimate of drug-likeness (QED) is 0.828. The first-order valence-electron chi connectivity index (χ1n) is 6.60. The highest BCUT2D eigenvalue weighted by Gasteiger charge is 2.06.